The summed E-state index contributed by atoms with van der Waals surface area (Å²) in [6.07, 6.45) is -2.64. The van der Waals surface area contributed by atoms with Crippen molar-refractivity contribution in [3.63, 3.8) is 0 Å². The molecule has 0 N–H and O–H groups in total. The first-order chi connectivity index (χ1) is 11.3. The number of nitrogens with zero attached hydrogens (tertiary/aromatic N) is 2. The van der Waals surface area contributed by atoms with Crippen LogP contribution in [0.1, 0.15) is 34.5 Å². The number of halogens is 4. The van der Waals surface area contributed by atoms with Gasteiger partial charge in [-0.05, 0) is 37.8 Å². The second-order valence-corrected chi connectivity index (χ2v) is 6.63. The molecule has 0 unspecified atom stereocenters. The third-order valence-corrected chi connectivity index (χ3v) is 4.84. The molecule has 3 rings (SSSR count). The lowest BCUT2D eigenvalue weighted by Gasteiger charge is -2.09. The Bertz CT molecular complexity index is 846. The van der Waals surface area contributed by atoms with Crippen LogP contribution < -0.4 is 4.80 Å². The van der Waals surface area contributed by atoms with Gasteiger partial charge in [-0.3, -0.25) is 4.79 Å². The minimum absolute atomic E-state index is 0.376. The molecule has 1 heterocycles. The van der Waals surface area contributed by atoms with Gasteiger partial charge in [-0.1, -0.05) is 6.07 Å². The van der Waals surface area contributed by atoms with Crippen molar-refractivity contribution in [2.24, 2.45) is 10.9 Å². The normalized spacial score (nSPS) is 15.8. The Morgan fingerprint density at radius 3 is 2.71 bits per heavy atom. The minimum Gasteiger partial charge on any atom is -0.321 e. The summed E-state index contributed by atoms with van der Waals surface area (Å²) in [7, 11) is 0. The van der Waals surface area contributed by atoms with Crippen molar-refractivity contribution in [2.75, 3.05) is 0 Å². The topological polar surface area (TPSA) is 34.4 Å². The average Bonchev–Trinajstić information content (AvgIpc) is 3.25. The Hall–Kier alpha value is -1.96. The summed E-state index contributed by atoms with van der Waals surface area (Å²) in [6, 6.07) is 2.63. The van der Waals surface area contributed by atoms with Crippen molar-refractivity contribution in [1.82, 2.24) is 4.57 Å². The van der Waals surface area contributed by atoms with Gasteiger partial charge < -0.3 is 4.57 Å². The van der Waals surface area contributed by atoms with Crippen LogP contribution in [-0.2, 0) is 12.7 Å². The van der Waals surface area contributed by atoms with Crippen LogP contribution in [0.4, 0.5) is 17.6 Å². The smallest absolute Gasteiger partial charge is 0.321 e. The number of carbonyl (C=O) groups is 1. The molecule has 0 bridgehead atoms. The van der Waals surface area contributed by atoms with E-state index in [1.54, 1.807) is 0 Å². The van der Waals surface area contributed by atoms with Crippen LogP contribution in [0.15, 0.2) is 28.6 Å². The summed E-state index contributed by atoms with van der Waals surface area (Å²) < 4.78 is 54.2. The van der Waals surface area contributed by atoms with Crippen LogP contribution in [0, 0.1) is 18.7 Å². The molecule has 0 aliphatic heterocycles. The molecular weight excluding hydrogens is 344 g/mol. The number of benzene rings is 1. The van der Waals surface area contributed by atoms with Gasteiger partial charge in [0.2, 0.25) is 0 Å². The Morgan fingerprint density at radius 2 is 2.08 bits per heavy atom. The van der Waals surface area contributed by atoms with Gasteiger partial charge in [0.15, 0.2) is 4.80 Å². The first-order valence-corrected chi connectivity index (χ1v) is 8.25. The zero-order valence-corrected chi connectivity index (χ0v) is 13.5. The standard InChI is InChI=1S/C16H14F4N2OS/c1-9-8-24-15(22(9)7-10-5-6-10)21-14(23)11-3-2-4-12(13(11)17)16(18,19)20/h2-4,8,10H,5-7H2,1H3. The molecule has 1 saturated carbocycles. The molecule has 1 fully saturated rings. The van der Waals surface area contributed by atoms with Crippen LogP contribution in [0.3, 0.4) is 0 Å². The number of carbonyl (C=O) groups excluding carboxylic acids is 1. The van der Waals surface area contributed by atoms with Gasteiger partial charge in [0.25, 0.3) is 5.91 Å². The van der Waals surface area contributed by atoms with Gasteiger partial charge in [-0.25, -0.2) is 4.39 Å². The Morgan fingerprint density at radius 1 is 1.38 bits per heavy atom. The highest BCUT2D eigenvalue weighted by Crippen LogP contribution is 2.32. The van der Waals surface area contributed by atoms with Crippen LogP contribution in [0.5, 0.6) is 0 Å². The Balaban J connectivity index is 1.99. The number of hydrogen-bond donors (Lipinski definition) is 0. The fourth-order valence-electron chi connectivity index (χ4n) is 2.35. The van der Waals surface area contributed by atoms with Crippen LogP contribution in [0.2, 0.25) is 0 Å². The van der Waals surface area contributed by atoms with Gasteiger partial charge >= 0.3 is 6.18 Å². The molecule has 0 atom stereocenters. The molecule has 24 heavy (non-hydrogen) atoms. The first kappa shape index (κ1) is 16.9. The van der Waals surface area contributed by atoms with Crippen molar-refractivity contribution < 1.29 is 22.4 Å². The molecule has 0 saturated heterocycles. The highest BCUT2D eigenvalue weighted by Gasteiger charge is 2.35. The minimum atomic E-state index is -4.86. The van der Waals surface area contributed by atoms with E-state index in [0.29, 0.717) is 23.3 Å². The highest BCUT2D eigenvalue weighted by molar-refractivity contribution is 7.07. The first-order valence-electron chi connectivity index (χ1n) is 7.37. The lowest BCUT2D eigenvalue weighted by Crippen LogP contribution is -2.20. The lowest BCUT2D eigenvalue weighted by molar-refractivity contribution is -0.140. The monoisotopic (exact) mass is 358 g/mol. The molecule has 1 aromatic carbocycles. The molecule has 1 aliphatic carbocycles. The van der Waals surface area contributed by atoms with E-state index in [-0.39, 0.29) is 0 Å². The van der Waals surface area contributed by atoms with E-state index in [1.807, 2.05) is 16.9 Å². The maximum absolute atomic E-state index is 14.0. The summed E-state index contributed by atoms with van der Waals surface area (Å²) in [5.41, 5.74) is -1.21. The maximum Gasteiger partial charge on any atom is 0.419 e. The highest BCUT2D eigenvalue weighted by atomic mass is 32.1. The van der Waals surface area contributed by atoms with Crippen molar-refractivity contribution in [3.05, 3.63) is 51.0 Å². The Labute approximate surface area is 139 Å². The summed E-state index contributed by atoms with van der Waals surface area (Å²) in [5, 5.41) is 1.82. The summed E-state index contributed by atoms with van der Waals surface area (Å²) in [4.78, 5) is 16.4. The molecule has 3 nitrogen and oxygen atoms in total. The third-order valence-electron chi connectivity index (χ3n) is 3.86. The van der Waals surface area contributed by atoms with Crippen LogP contribution >= 0.6 is 11.3 Å². The number of hydrogen-bond acceptors (Lipinski definition) is 2. The maximum atomic E-state index is 14.0. The molecule has 1 aromatic heterocycles. The Kier molecular flexibility index (Phi) is 4.33. The molecule has 0 radical (unpaired) electrons. The van der Waals surface area contributed by atoms with E-state index in [4.69, 9.17) is 0 Å². The van der Waals surface area contributed by atoms with E-state index >= 15 is 0 Å². The zero-order valence-electron chi connectivity index (χ0n) is 12.7. The molecule has 8 heteroatoms. The average molecular weight is 358 g/mol. The van der Waals surface area contributed by atoms with Gasteiger partial charge in [0.1, 0.15) is 5.82 Å². The fraction of sp³-hybridized carbons (Fsp3) is 0.375. The SMILES string of the molecule is Cc1csc(=NC(=O)c2cccc(C(F)(F)F)c2F)n1CC1CC1. The van der Waals surface area contributed by atoms with Gasteiger partial charge in [0.05, 0.1) is 11.1 Å². The van der Waals surface area contributed by atoms with E-state index in [1.165, 1.54) is 11.3 Å². The number of aryl methyl sites for hydroxylation is 1. The third kappa shape index (κ3) is 3.43. The predicted octanol–water partition coefficient (Wildman–Crippen LogP) is 4.17. The molecular formula is C16H14F4N2OS. The predicted molar refractivity (Wildman–Crippen MR) is 81.1 cm³/mol. The quantitative estimate of drug-likeness (QED) is 0.759. The van der Waals surface area contributed by atoms with E-state index in [9.17, 15) is 22.4 Å². The van der Waals surface area contributed by atoms with Crippen molar-refractivity contribution in [1.29, 1.82) is 0 Å². The van der Waals surface area contributed by atoms with Crippen molar-refractivity contribution in [2.45, 2.75) is 32.5 Å². The molecule has 1 amide bonds. The molecule has 0 spiro atoms. The van der Waals surface area contributed by atoms with Crippen molar-refractivity contribution >= 4 is 17.2 Å². The number of thiazole rings is 1. The molecule has 1 aliphatic rings. The summed E-state index contributed by atoms with van der Waals surface area (Å²) >= 11 is 1.22. The molecule has 128 valence electrons. The van der Waals surface area contributed by atoms with Gasteiger partial charge in [0, 0.05) is 17.6 Å². The van der Waals surface area contributed by atoms with Crippen LogP contribution in [-0.4, -0.2) is 10.5 Å². The second-order valence-electron chi connectivity index (χ2n) is 5.80. The van der Waals surface area contributed by atoms with Crippen LogP contribution in [0.25, 0.3) is 0 Å². The summed E-state index contributed by atoms with van der Waals surface area (Å²) in [5.74, 6) is -2.05. The van der Waals surface area contributed by atoms with E-state index < -0.39 is 29.0 Å². The van der Waals surface area contributed by atoms with E-state index in [0.717, 1.165) is 30.7 Å². The number of rotatable bonds is 3. The van der Waals surface area contributed by atoms with Crippen molar-refractivity contribution in [3.8, 4) is 0 Å². The lowest BCUT2D eigenvalue weighted by atomic mass is 10.1. The number of alkyl halides is 3. The fourth-order valence-corrected chi connectivity index (χ4v) is 3.23. The second kappa shape index (κ2) is 6.16. The van der Waals surface area contributed by atoms with E-state index in [2.05, 4.69) is 4.99 Å². The molecule has 2 aromatic rings. The number of aromatic nitrogens is 1. The zero-order chi connectivity index (χ0) is 17.5. The summed E-state index contributed by atoms with van der Waals surface area (Å²) in [6.45, 7) is 2.58. The largest absolute Gasteiger partial charge is 0.419 e. The van der Waals surface area contributed by atoms with Gasteiger partial charge in [-0.2, -0.15) is 18.2 Å². The van der Waals surface area contributed by atoms with Gasteiger partial charge in [-0.15, -0.1) is 11.3 Å². The number of amides is 1.